The molecular formula is C13H11NO2. The van der Waals surface area contributed by atoms with Crippen LogP contribution in [0.25, 0.3) is 22.1 Å². The van der Waals surface area contributed by atoms with Gasteiger partial charge in [0.2, 0.25) is 11.1 Å². The monoisotopic (exact) mass is 213 g/mol. The lowest BCUT2D eigenvalue weighted by molar-refractivity contribution is 0.622. The first-order chi connectivity index (χ1) is 7.66. The molecule has 3 heteroatoms. The molecule has 0 amide bonds. The molecular weight excluding hydrogens is 202 g/mol. The molecule has 0 N–H and O–H groups in total. The van der Waals surface area contributed by atoms with Crippen LogP contribution in [0.1, 0.15) is 5.56 Å². The van der Waals surface area contributed by atoms with Crippen LogP contribution in [0.15, 0.2) is 39.7 Å². The molecule has 2 heterocycles. The topological polar surface area (TPSA) is 35.1 Å². The normalized spacial score (nSPS) is 11.4. The number of aromatic nitrogens is 1. The van der Waals surface area contributed by atoms with Crippen molar-refractivity contribution < 1.29 is 4.42 Å². The Bertz CT molecular complexity index is 750. The van der Waals surface area contributed by atoms with Crippen LogP contribution >= 0.6 is 0 Å². The second-order valence-electron chi connectivity index (χ2n) is 4.08. The maximum Gasteiger partial charge on any atom is 0.211 e. The zero-order valence-electron chi connectivity index (χ0n) is 9.15. The van der Waals surface area contributed by atoms with Crippen molar-refractivity contribution in [2.24, 2.45) is 7.05 Å². The summed E-state index contributed by atoms with van der Waals surface area (Å²) >= 11 is 0. The number of benzene rings is 1. The molecule has 0 saturated carbocycles. The van der Waals surface area contributed by atoms with Gasteiger partial charge in [-0.3, -0.25) is 4.79 Å². The number of fused-ring (bicyclic) bond motifs is 2. The molecule has 0 spiro atoms. The number of hydrogen-bond donors (Lipinski definition) is 0. The maximum atomic E-state index is 12.2. The van der Waals surface area contributed by atoms with E-state index in [1.54, 1.807) is 6.07 Å². The van der Waals surface area contributed by atoms with Gasteiger partial charge in [0.15, 0.2) is 0 Å². The fourth-order valence-electron chi connectivity index (χ4n) is 1.97. The largest absolute Gasteiger partial charge is 0.439 e. The standard InChI is InChI=1S/C13H11NO2/c1-8-3-4-11-10(7-8)12(15)9-5-6-14(2)13(9)16-11/h3-7H,1-2H3. The van der Waals surface area contributed by atoms with E-state index in [2.05, 4.69) is 0 Å². The number of aryl methyl sites for hydroxylation is 2. The summed E-state index contributed by atoms with van der Waals surface area (Å²) in [6.07, 6.45) is 1.83. The van der Waals surface area contributed by atoms with E-state index in [-0.39, 0.29) is 5.43 Å². The summed E-state index contributed by atoms with van der Waals surface area (Å²) in [4.78, 5) is 12.2. The van der Waals surface area contributed by atoms with Gasteiger partial charge in [0.1, 0.15) is 5.58 Å². The average Bonchev–Trinajstić information content (AvgIpc) is 2.63. The number of rotatable bonds is 0. The quantitative estimate of drug-likeness (QED) is 0.575. The summed E-state index contributed by atoms with van der Waals surface area (Å²) < 4.78 is 7.53. The zero-order valence-corrected chi connectivity index (χ0v) is 9.15. The highest BCUT2D eigenvalue weighted by atomic mass is 16.3. The summed E-state index contributed by atoms with van der Waals surface area (Å²) in [5.41, 5.74) is 2.38. The van der Waals surface area contributed by atoms with Crippen molar-refractivity contribution in [3.8, 4) is 0 Å². The molecule has 0 fully saturated rings. The molecule has 80 valence electrons. The summed E-state index contributed by atoms with van der Waals surface area (Å²) in [6.45, 7) is 1.97. The lowest BCUT2D eigenvalue weighted by atomic mass is 10.1. The van der Waals surface area contributed by atoms with Crippen molar-refractivity contribution in [1.82, 2.24) is 4.57 Å². The highest BCUT2D eigenvalue weighted by Crippen LogP contribution is 2.19. The van der Waals surface area contributed by atoms with Gasteiger partial charge >= 0.3 is 0 Å². The molecule has 3 aromatic rings. The minimum absolute atomic E-state index is 0.0422. The Balaban J connectivity index is 2.63. The minimum Gasteiger partial charge on any atom is -0.439 e. The van der Waals surface area contributed by atoms with Gasteiger partial charge in [-0.1, -0.05) is 11.6 Å². The van der Waals surface area contributed by atoms with Crippen molar-refractivity contribution in [3.63, 3.8) is 0 Å². The lowest BCUT2D eigenvalue weighted by Crippen LogP contribution is -2.01. The molecule has 0 aliphatic heterocycles. The van der Waals surface area contributed by atoms with Gasteiger partial charge < -0.3 is 8.98 Å². The predicted octanol–water partition coefficient (Wildman–Crippen LogP) is 2.59. The fourth-order valence-corrected chi connectivity index (χ4v) is 1.97. The van der Waals surface area contributed by atoms with E-state index < -0.39 is 0 Å². The van der Waals surface area contributed by atoms with Crippen LogP contribution in [-0.4, -0.2) is 4.57 Å². The Labute approximate surface area is 91.9 Å². The molecule has 16 heavy (non-hydrogen) atoms. The van der Waals surface area contributed by atoms with Gasteiger partial charge in [0, 0.05) is 13.2 Å². The summed E-state index contributed by atoms with van der Waals surface area (Å²) in [7, 11) is 1.87. The first-order valence-corrected chi connectivity index (χ1v) is 5.15. The first-order valence-electron chi connectivity index (χ1n) is 5.15. The van der Waals surface area contributed by atoms with E-state index in [0.717, 1.165) is 5.56 Å². The van der Waals surface area contributed by atoms with Crippen LogP contribution < -0.4 is 5.43 Å². The van der Waals surface area contributed by atoms with E-state index in [4.69, 9.17) is 4.42 Å². The maximum absolute atomic E-state index is 12.2. The van der Waals surface area contributed by atoms with Crippen molar-refractivity contribution in [1.29, 1.82) is 0 Å². The van der Waals surface area contributed by atoms with E-state index >= 15 is 0 Å². The Morgan fingerprint density at radius 2 is 2.00 bits per heavy atom. The number of hydrogen-bond acceptors (Lipinski definition) is 2. The SMILES string of the molecule is Cc1ccc2oc3c(ccn3C)c(=O)c2c1. The van der Waals surface area contributed by atoms with E-state index in [9.17, 15) is 4.79 Å². The highest BCUT2D eigenvalue weighted by Gasteiger charge is 2.09. The molecule has 2 aromatic heterocycles. The molecule has 3 nitrogen and oxygen atoms in total. The Kier molecular flexibility index (Phi) is 1.72. The molecule has 0 unspecified atom stereocenters. The molecule has 0 aliphatic rings. The van der Waals surface area contributed by atoms with Gasteiger partial charge in [-0.2, -0.15) is 0 Å². The second kappa shape index (κ2) is 2.98. The predicted molar refractivity (Wildman–Crippen MR) is 63.7 cm³/mol. The third-order valence-electron chi connectivity index (χ3n) is 2.85. The van der Waals surface area contributed by atoms with Crippen molar-refractivity contribution in [2.45, 2.75) is 6.92 Å². The molecule has 1 aromatic carbocycles. The minimum atomic E-state index is 0.0422. The van der Waals surface area contributed by atoms with Crippen LogP contribution in [0.4, 0.5) is 0 Å². The summed E-state index contributed by atoms with van der Waals surface area (Å²) in [5, 5.41) is 1.29. The number of nitrogens with zero attached hydrogens (tertiary/aromatic N) is 1. The third-order valence-corrected chi connectivity index (χ3v) is 2.85. The summed E-state index contributed by atoms with van der Waals surface area (Å²) in [6, 6.07) is 7.45. The molecule has 0 atom stereocenters. The molecule has 0 bridgehead atoms. The van der Waals surface area contributed by atoms with Gasteiger partial charge in [-0.25, -0.2) is 0 Å². The van der Waals surface area contributed by atoms with E-state index in [1.807, 2.05) is 42.9 Å². The summed E-state index contributed by atoms with van der Waals surface area (Å²) in [5.74, 6) is 0. The first kappa shape index (κ1) is 9.21. The zero-order chi connectivity index (χ0) is 11.3. The second-order valence-corrected chi connectivity index (χ2v) is 4.08. The van der Waals surface area contributed by atoms with E-state index in [0.29, 0.717) is 22.1 Å². The smallest absolute Gasteiger partial charge is 0.211 e. The van der Waals surface area contributed by atoms with Crippen LogP contribution in [0.2, 0.25) is 0 Å². The van der Waals surface area contributed by atoms with Crippen LogP contribution in [0, 0.1) is 6.92 Å². The Morgan fingerprint density at radius 1 is 1.19 bits per heavy atom. The molecule has 0 radical (unpaired) electrons. The van der Waals surface area contributed by atoms with Gasteiger partial charge in [0.25, 0.3) is 0 Å². The van der Waals surface area contributed by atoms with E-state index in [1.165, 1.54) is 0 Å². The molecule has 0 saturated heterocycles. The average molecular weight is 213 g/mol. The highest BCUT2D eigenvalue weighted by molar-refractivity contribution is 5.88. The van der Waals surface area contributed by atoms with Crippen molar-refractivity contribution in [3.05, 3.63) is 46.2 Å². The van der Waals surface area contributed by atoms with Crippen LogP contribution in [0.3, 0.4) is 0 Å². The lowest BCUT2D eigenvalue weighted by Gasteiger charge is -2.00. The fraction of sp³-hybridized carbons (Fsp3) is 0.154. The molecule has 0 aliphatic carbocycles. The van der Waals surface area contributed by atoms with Gasteiger partial charge in [0.05, 0.1) is 10.8 Å². The van der Waals surface area contributed by atoms with Crippen LogP contribution in [-0.2, 0) is 7.05 Å². The Morgan fingerprint density at radius 3 is 2.81 bits per heavy atom. The van der Waals surface area contributed by atoms with Crippen molar-refractivity contribution in [2.75, 3.05) is 0 Å². The third kappa shape index (κ3) is 1.11. The van der Waals surface area contributed by atoms with Crippen LogP contribution in [0.5, 0.6) is 0 Å². The Hall–Kier alpha value is -2.03. The van der Waals surface area contributed by atoms with Gasteiger partial charge in [-0.15, -0.1) is 0 Å². The van der Waals surface area contributed by atoms with Crippen molar-refractivity contribution >= 4 is 22.1 Å². The molecule has 3 rings (SSSR count). The van der Waals surface area contributed by atoms with Gasteiger partial charge in [-0.05, 0) is 25.1 Å².